The Morgan fingerprint density at radius 1 is 1.35 bits per heavy atom. The minimum atomic E-state index is -0.249. The van der Waals surface area contributed by atoms with Gasteiger partial charge in [-0.1, -0.05) is 24.3 Å². The number of carbonyl (C=O) groups excluding carboxylic acids is 1. The van der Waals surface area contributed by atoms with Crippen LogP contribution in [0.2, 0.25) is 0 Å². The highest BCUT2D eigenvalue weighted by Gasteiger charge is 2.08. The number of nitrogens with zero attached hydrogens (tertiary/aromatic N) is 3. The van der Waals surface area contributed by atoms with Crippen LogP contribution in [0.15, 0.2) is 24.3 Å². The Hall–Kier alpha value is -2.22. The molecule has 0 saturated carbocycles. The molecule has 1 amide bonds. The van der Waals surface area contributed by atoms with Crippen molar-refractivity contribution in [3.8, 4) is 0 Å². The standard InChI is InChI=1S/C12H16N6OS/c1-2-7-13-12(20)16-15-11(19)8-18-10-6-4-3-5-9(10)14-17-18/h3-6H,2,7-8H2,1H3,(H,15,19)(H2,13,16,20). The van der Waals surface area contributed by atoms with Crippen molar-refractivity contribution >= 4 is 34.3 Å². The molecule has 0 aliphatic heterocycles. The van der Waals surface area contributed by atoms with Gasteiger partial charge in [0.2, 0.25) is 0 Å². The number of hydrogen-bond donors (Lipinski definition) is 3. The van der Waals surface area contributed by atoms with E-state index in [1.54, 1.807) is 0 Å². The molecule has 0 fully saturated rings. The predicted molar refractivity (Wildman–Crippen MR) is 79.7 cm³/mol. The summed E-state index contributed by atoms with van der Waals surface area (Å²) in [5.41, 5.74) is 6.72. The number of amides is 1. The third kappa shape index (κ3) is 3.64. The van der Waals surface area contributed by atoms with Crippen LogP contribution in [0.25, 0.3) is 11.0 Å². The molecule has 8 heteroatoms. The first-order valence-electron chi connectivity index (χ1n) is 6.31. The molecule has 106 valence electrons. The Kier molecular flexibility index (Phi) is 4.83. The highest BCUT2D eigenvalue weighted by atomic mass is 32.1. The lowest BCUT2D eigenvalue weighted by atomic mass is 10.3. The zero-order chi connectivity index (χ0) is 14.4. The lowest BCUT2D eigenvalue weighted by molar-refractivity contribution is -0.122. The molecule has 20 heavy (non-hydrogen) atoms. The van der Waals surface area contributed by atoms with Gasteiger partial charge in [-0.05, 0) is 30.8 Å². The largest absolute Gasteiger partial charge is 0.361 e. The summed E-state index contributed by atoms with van der Waals surface area (Å²) < 4.78 is 1.54. The molecule has 1 heterocycles. The van der Waals surface area contributed by atoms with Crippen molar-refractivity contribution in [2.24, 2.45) is 0 Å². The summed E-state index contributed by atoms with van der Waals surface area (Å²) in [5, 5.41) is 11.3. The molecule has 1 aromatic heterocycles. The SMILES string of the molecule is CCCNC(=S)NNC(=O)Cn1nnc2ccccc21. The van der Waals surface area contributed by atoms with Crippen LogP contribution in [0.4, 0.5) is 0 Å². The van der Waals surface area contributed by atoms with Gasteiger partial charge in [0.15, 0.2) is 5.11 Å². The van der Waals surface area contributed by atoms with Crippen LogP contribution in [0, 0.1) is 0 Å². The minimum Gasteiger partial charge on any atom is -0.361 e. The van der Waals surface area contributed by atoms with E-state index in [0.717, 1.165) is 24.0 Å². The Balaban J connectivity index is 1.87. The van der Waals surface area contributed by atoms with E-state index < -0.39 is 0 Å². The van der Waals surface area contributed by atoms with Crippen LogP contribution >= 0.6 is 12.2 Å². The van der Waals surface area contributed by atoms with Gasteiger partial charge in [0.1, 0.15) is 12.1 Å². The molecule has 2 rings (SSSR count). The average Bonchev–Trinajstić information content (AvgIpc) is 2.86. The lowest BCUT2D eigenvalue weighted by Gasteiger charge is -2.10. The third-order valence-electron chi connectivity index (χ3n) is 2.56. The molecule has 0 aliphatic carbocycles. The van der Waals surface area contributed by atoms with Gasteiger partial charge < -0.3 is 5.32 Å². The quantitative estimate of drug-likeness (QED) is 0.556. The first-order chi connectivity index (χ1) is 9.70. The summed E-state index contributed by atoms with van der Waals surface area (Å²) in [5.74, 6) is -0.249. The molecule has 2 aromatic rings. The third-order valence-corrected chi connectivity index (χ3v) is 2.81. The lowest BCUT2D eigenvalue weighted by Crippen LogP contribution is -2.47. The fourth-order valence-corrected chi connectivity index (χ4v) is 1.77. The van der Waals surface area contributed by atoms with Gasteiger partial charge in [0.05, 0.1) is 5.52 Å². The molecule has 0 spiro atoms. The summed E-state index contributed by atoms with van der Waals surface area (Å²) in [4.78, 5) is 11.8. The maximum atomic E-state index is 11.8. The van der Waals surface area contributed by atoms with Gasteiger partial charge >= 0.3 is 0 Å². The van der Waals surface area contributed by atoms with Crippen molar-refractivity contribution in [1.82, 2.24) is 31.2 Å². The van der Waals surface area contributed by atoms with Crippen LogP contribution in [0.3, 0.4) is 0 Å². The van der Waals surface area contributed by atoms with Gasteiger partial charge in [-0.2, -0.15) is 0 Å². The molecule has 0 saturated heterocycles. The summed E-state index contributed by atoms with van der Waals surface area (Å²) in [6.45, 7) is 2.86. The predicted octanol–water partition coefficient (Wildman–Crippen LogP) is 0.337. The van der Waals surface area contributed by atoms with E-state index in [4.69, 9.17) is 12.2 Å². The van der Waals surface area contributed by atoms with Crippen LogP contribution in [-0.2, 0) is 11.3 Å². The molecule has 7 nitrogen and oxygen atoms in total. The first kappa shape index (κ1) is 14.2. The summed E-state index contributed by atoms with van der Waals surface area (Å²) >= 11 is 4.99. The molecule has 1 aromatic carbocycles. The smallest absolute Gasteiger partial charge is 0.260 e. The first-order valence-corrected chi connectivity index (χ1v) is 6.72. The second kappa shape index (κ2) is 6.80. The number of carbonyl (C=O) groups is 1. The summed E-state index contributed by atoms with van der Waals surface area (Å²) in [6, 6.07) is 7.46. The molecular formula is C12H16N6OS. The van der Waals surface area contributed by atoms with Crippen LogP contribution in [-0.4, -0.2) is 32.6 Å². The number of nitrogens with one attached hydrogen (secondary N) is 3. The van der Waals surface area contributed by atoms with Crippen LogP contribution < -0.4 is 16.2 Å². The molecule has 0 radical (unpaired) electrons. The van der Waals surface area contributed by atoms with Crippen molar-refractivity contribution in [1.29, 1.82) is 0 Å². The molecule has 0 unspecified atom stereocenters. The van der Waals surface area contributed by atoms with E-state index in [2.05, 4.69) is 26.5 Å². The average molecular weight is 292 g/mol. The second-order valence-electron chi connectivity index (χ2n) is 4.16. The molecule has 0 aliphatic rings. The number of para-hydroxylation sites is 1. The summed E-state index contributed by atoms with van der Waals surface area (Å²) in [7, 11) is 0. The number of hydrazine groups is 1. The van der Waals surface area contributed by atoms with Gasteiger partial charge in [-0.25, -0.2) is 4.68 Å². The fraction of sp³-hybridized carbons (Fsp3) is 0.333. The van der Waals surface area contributed by atoms with Gasteiger partial charge in [-0.3, -0.25) is 15.6 Å². The number of benzene rings is 1. The van der Waals surface area contributed by atoms with E-state index >= 15 is 0 Å². The van der Waals surface area contributed by atoms with E-state index in [1.165, 1.54) is 4.68 Å². The maximum absolute atomic E-state index is 11.8. The molecule has 0 atom stereocenters. The molecule has 0 bridgehead atoms. The fourth-order valence-electron chi connectivity index (χ4n) is 1.62. The Morgan fingerprint density at radius 2 is 2.15 bits per heavy atom. The van der Waals surface area contributed by atoms with Crippen LogP contribution in [0.1, 0.15) is 13.3 Å². The van der Waals surface area contributed by atoms with Gasteiger partial charge in [-0.15, -0.1) is 5.10 Å². The van der Waals surface area contributed by atoms with Crippen molar-refractivity contribution in [2.75, 3.05) is 6.54 Å². The Morgan fingerprint density at radius 3 is 2.95 bits per heavy atom. The Bertz CT molecular complexity index is 611. The van der Waals surface area contributed by atoms with Gasteiger partial charge in [0.25, 0.3) is 5.91 Å². The second-order valence-corrected chi connectivity index (χ2v) is 4.57. The topological polar surface area (TPSA) is 83.9 Å². The van der Waals surface area contributed by atoms with Crippen molar-refractivity contribution in [3.05, 3.63) is 24.3 Å². The summed E-state index contributed by atoms with van der Waals surface area (Å²) in [6.07, 6.45) is 0.959. The number of thiocarbonyl (C=S) groups is 1. The monoisotopic (exact) mass is 292 g/mol. The molecule has 3 N–H and O–H groups in total. The number of rotatable bonds is 4. The zero-order valence-corrected chi connectivity index (χ0v) is 11.9. The Labute approximate surface area is 121 Å². The van der Waals surface area contributed by atoms with Crippen LogP contribution in [0.5, 0.6) is 0 Å². The number of fused-ring (bicyclic) bond motifs is 1. The molecular weight excluding hydrogens is 276 g/mol. The number of hydrogen-bond acceptors (Lipinski definition) is 4. The normalized spacial score (nSPS) is 10.2. The van der Waals surface area contributed by atoms with E-state index in [-0.39, 0.29) is 12.5 Å². The van der Waals surface area contributed by atoms with E-state index in [0.29, 0.717) is 5.11 Å². The highest BCUT2D eigenvalue weighted by Crippen LogP contribution is 2.08. The minimum absolute atomic E-state index is 0.0733. The van der Waals surface area contributed by atoms with Crippen molar-refractivity contribution in [3.63, 3.8) is 0 Å². The van der Waals surface area contributed by atoms with E-state index in [9.17, 15) is 4.79 Å². The maximum Gasteiger partial charge on any atom is 0.260 e. The van der Waals surface area contributed by atoms with E-state index in [1.807, 2.05) is 31.2 Å². The van der Waals surface area contributed by atoms with Crippen molar-refractivity contribution in [2.45, 2.75) is 19.9 Å². The highest BCUT2D eigenvalue weighted by molar-refractivity contribution is 7.80. The van der Waals surface area contributed by atoms with Crippen molar-refractivity contribution < 1.29 is 4.79 Å². The van der Waals surface area contributed by atoms with Gasteiger partial charge in [0, 0.05) is 6.54 Å². The number of aromatic nitrogens is 3. The zero-order valence-electron chi connectivity index (χ0n) is 11.1.